The third-order valence-electron chi connectivity index (χ3n) is 8.23. The van der Waals surface area contributed by atoms with Crippen LogP contribution in [-0.4, -0.2) is 82.2 Å². The van der Waals surface area contributed by atoms with Crippen molar-refractivity contribution in [3.05, 3.63) is 35.9 Å². The van der Waals surface area contributed by atoms with Crippen LogP contribution in [-0.2, 0) is 25.7 Å². The number of rotatable bonds is 22. The van der Waals surface area contributed by atoms with Crippen molar-refractivity contribution in [2.24, 2.45) is 23.7 Å². The number of aliphatic hydroxyl groups excluding tert-OH is 1. The lowest BCUT2D eigenvalue weighted by Crippen LogP contribution is -2.57. The fourth-order valence-electron chi connectivity index (χ4n) is 5.26. The molecule has 7 atom stereocenters. The average molecular weight is 694 g/mol. The van der Waals surface area contributed by atoms with Crippen LogP contribution < -0.4 is 26.6 Å². The molecule has 0 unspecified atom stereocenters. The van der Waals surface area contributed by atoms with E-state index in [0.29, 0.717) is 31.6 Å². The molecule has 0 aliphatic heterocycles. The maximum Gasteiger partial charge on any atom is 0.405 e. The number of aliphatic hydroxyl groups is 1. The van der Waals surface area contributed by atoms with Crippen LogP contribution >= 0.6 is 11.8 Å². The summed E-state index contributed by atoms with van der Waals surface area (Å²) in [5.74, 6) is -1.88. The monoisotopic (exact) mass is 693 g/mol. The van der Waals surface area contributed by atoms with E-state index in [1.807, 2.05) is 78.1 Å². The van der Waals surface area contributed by atoms with Gasteiger partial charge in [0.05, 0.1) is 12.1 Å². The Bertz CT molecular complexity index is 1150. The van der Waals surface area contributed by atoms with E-state index >= 15 is 0 Å². The highest BCUT2D eigenvalue weighted by Gasteiger charge is 2.33. The van der Waals surface area contributed by atoms with E-state index < -0.39 is 54.1 Å². The van der Waals surface area contributed by atoms with Gasteiger partial charge >= 0.3 is 6.09 Å². The molecule has 272 valence electrons. The molecule has 7 N–H and O–H groups in total. The number of hydrogen-bond acceptors (Lipinski definition) is 7. The van der Waals surface area contributed by atoms with Gasteiger partial charge in [-0.1, -0.05) is 85.2 Å². The maximum absolute atomic E-state index is 13.6. The summed E-state index contributed by atoms with van der Waals surface area (Å²) in [6, 6.07) is 6.04. The van der Waals surface area contributed by atoms with Crippen molar-refractivity contribution < 1.29 is 34.2 Å². The van der Waals surface area contributed by atoms with Gasteiger partial charge in [-0.2, -0.15) is 11.8 Å². The van der Waals surface area contributed by atoms with Gasteiger partial charge in [0.15, 0.2) is 0 Å². The van der Waals surface area contributed by atoms with Crippen LogP contribution in [0.5, 0.6) is 0 Å². The fraction of sp³-hybridized carbons (Fsp3) is 0.686. The largest absolute Gasteiger partial charge is 0.465 e. The summed E-state index contributed by atoms with van der Waals surface area (Å²) >= 11 is 1.50. The van der Waals surface area contributed by atoms with Gasteiger partial charge in [-0.3, -0.25) is 19.2 Å². The lowest BCUT2D eigenvalue weighted by molar-refractivity contribution is -0.133. The van der Waals surface area contributed by atoms with E-state index in [4.69, 9.17) is 0 Å². The molecule has 0 heterocycles. The smallest absolute Gasteiger partial charge is 0.405 e. The lowest BCUT2D eigenvalue weighted by atomic mass is 9.91. The number of nitrogens with one attached hydrogen (secondary N) is 5. The Balaban J connectivity index is 3.01. The van der Waals surface area contributed by atoms with Gasteiger partial charge < -0.3 is 36.8 Å². The van der Waals surface area contributed by atoms with Crippen LogP contribution in [0.2, 0.25) is 0 Å². The topological polar surface area (TPSA) is 186 Å². The summed E-state index contributed by atoms with van der Waals surface area (Å²) in [5.41, 5.74) is 0.942. The predicted molar refractivity (Wildman–Crippen MR) is 190 cm³/mol. The molecule has 48 heavy (non-hydrogen) atoms. The van der Waals surface area contributed by atoms with Crippen molar-refractivity contribution in [1.82, 2.24) is 26.6 Å². The third kappa shape index (κ3) is 16.2. The van der Waals surface area contributed by atoms with Crippen LogP contribution in [0.25, 0.3) is 0 Å². The molecule has 0 saturated heterocycles. The Labute approximate surface area is 290 Å². The molecule has 0 saturated carbocycles. The zero-order chi connectivity index (χ0) is 36.4. The van der Waals surface area contributed by atoms with Gasteiger partial charge in [-0.15, -0.1) is 0 Å². The quantitative estimate of drug-likeness (QED) is 0.0959. The zero-order valence-corrected chi connectivity index (χ0v) is 30.7. The number of carboxylic acid groups (broad SMARTS) is 1. The molecule has 1 aromatic rings. The van der Waals surface area contributed by atoms with Crippen molar-refractivity contribution in [2.45, 2.75) is 117 Å². The minimum Gasteiger partial charge on any atom is -0.465 e. The van der Waals surface area contributed by atoms with E-state index in [1.165, 1.54) is 11.8 Å². The van der Waals surface area contributed by atoms with E-state index in [9.17, 15) is 34.2 Å². The molecular weight excluding hydrogens is 634 g/mol. The number of benzene rings is 1. The Kier molecular flexibility index (Phi) is 19.9. The van der Waals surface area contributed by atoms with E-state index in [2.05, 4.69) is 26.6 Å². The molecule has 5 amide bonds. The summed E-state index contributed by atoms with van der Waals surface area (Å²) in [6.45, 7) is 13.5. The first-order chi connectivity index (χ1) is 22.6. The highest BCUT2D eigenvalue weighted by molar-refractivity contribution is 7.98. The molecule has 0 aliphatic carbocycles. The predicted octanol–water partition coefficient (Wildman–Crippen LogP) is 3.67. The van der Waals surface area contributed by atoms with Gasteiger partial charge in [0, 0.05) is 12.5 Å². The Morgan fingerprint density at radius 1 is 0.750 bits per heavy atom. The van der Waals surface area contributed by atoms with E-state index in [1.54, 1.807) is 6.92 Å². The number of amides is 5. The third-order valence-corrected chi connectivity index (χ3v) is 8.87. The fourth-order valence-corrected chi connectivity index (χ4v) is 5.73. The first kappa shape index (κ1) is 42.7. The normalized spacial score (nSPS) is 15.7. The van der Waals surface area contributed by atoms with Crippen molar-refractivity contribution in [2.75, 3.05) is 12.0 Å². The van der Waals surface area contributed by atoms with Crippen molar-refractivity contribution in [3.63, 3.8) is 0 Å². The number of carbonyl (C=O) groups is 5. The van der Waals surface area contributed by atoms with Crippen molar-refractivity contribution in [1.29, 1.82) is 0 Å². The van der Waals surface area contributed by atoms with Crippen molar-refractivity contribution >= 4 is 41.5 Å². The van der Waals surface area contributed by atoms with E-state index in [0.717, 1.165) is 5.56 Å². The molecule has 0 radical (unpaired) electrons. The Morgan fingerprint density at radius 2 is 1.35 bits per heavy atom. The van der Waals surface area contributed by atoms with Crippen LogP contribution in [0.3, 0.4) is 0 Å². The first-order valence-corrected chi connectivity index (χ1v) is 18.4. The highest BCUT2D eigenvalue weighted by Crippen LogP contribution is 2.18. The number of hydrogen-bond donors (Lipinski definition) is 7. The molecule has 0 fully saturated rings. The van der Waals surface area contributed by atoms with Crippen LogP contribution in [0, 0.1) is 23.7 Å². The van der Waals surface area contributed by atoms with Gasteiger partial charge in [0.1, 0.15) is 18.1 Å². The summed E-state index contributed by atoms with van der Waals surface area (Å²) < 4.78 is 0. The highest BCUT2D eigenvalue weighted by atomic mass is 32.2. The maximum atomic E-state index is 13.6. The second kappa shape index (κ2) is 22.3. The Hall–Kier alpha value is -3.32. The zero-order valence-electron chi connectivity index (χ0n) is 29.9. The Morgan fingerprint density at radius 3 is 1.90 bits per heavy atom. The molecule has 0 aromatic heterocycles. The second-order valence-electron chi connectivity index (χ2n) is 13.5. The molecule has 0 aliphatic rings. The SMILES string of the molecule is CC[C@H](C)[C@H](NC(=O)[C@H](C)C[C@H](O)[C@H](CC(C)C)NC(=O)[C@H](CCSC)NC(=O)[C@H](CC(C)C)NC(=O)O)C(=O)NCc1ccccc1. The lowest BCUT2D eigenvalue weighted by Gasteiger charge is -2.30. The molecule has 13 heteroatoms. The summed E-state index contributed by atoms with van der Waals surface area (Å²) in [5, 5.41) is 34.2. The first-order valence-electron chi connectivity index (χ1n) is 17.0. The van der Waals surface area contributed by atoms with Gasteiger partial charge in [0.25, 0.3) is 0 Å². The minimum absolute atomic E-state index is 0.0277. The molecule has 1 aromatic carbocycles. The average Bonchev–Trinajstić information content (AvgIpc) is 3.02. The molecule has 1 rings (SSSR count). The number of thioether (sulfide) groups is 1. The van der Waals surface area contributed by atoms with Crippen LogP contribution in [0.4, 0.5) is 4.79 Å². The summed E-state index contributed by atoms with van der Waals surface area (Å²) in [6.07, 6.45) is 1.13. The van der Waals surface area contributed by atoms with Crippen LogP contribution in [0.1, 0.15) is 86.1 Å². The van der Waals surface area contributed by atoms with E-state index in [-0.39, 0.29) is 42.4 Å². The summed E-state index contributed by atoms with van der Waals surface area (Å²) in [4.78, 5) is 64.4. The second-order valence-corrected chi connectivity index (χ2v) is 14.5. The van der Waals surface area contributed by atoms with Crippen molar-refractivity contribution in [3.8, 4) is 0 Å². The van der Waals surface area contributed by atoms with Crippen LogP contribution in [0.15, 0.2) is 30.3 Å². The molecular formula is C35H59N5O7S. The molecule has 0 bridgehead atoms. The number of carbonyl (C=O) groups excluding carboxylic acids is 4. The summed E-state index contributed by atoms with van der Waals surface area (Å²) in [7, 11) is 0. The van der Waals surface area contributed by atoms with Gasteiger partial charge in [-0.25, -0.2) is 4.79 Å². The molecule has 0 spiro atoms. The molecule has 12 nitrogen and oxygen atoms in total. The minimum atomic E-state index is -1.33. The standard InChI is InChI=1S/C35H59N5O7S/c1-9-23(6)30(34(45)36-20-25-13-11-10-12-14-25)40-31(42)24(7)19-29(41)27(17-21(2)3)38-32(43)26(15-16-48-8)37-33(44)28(18-22(4)5)39-35(46)47/h10-14,21-24,26-30,39,41H,9,15-20H2,1-8H3,(H,36,45)(H,37,44)(H,38,43)(H,40,42)(H,46,47)/t23-,24+,26-,27-,28-,29-,30-/m0/s1. The van der Waals surface area contributed by atoms with Gasteiger partial charge in [0.2, 0.25) is 23.6 Å². The van der Waals surface area contributed by atoms with Gasteiger partial charge in [-0.05, 0) is 61.0 Å².